The average molecular weight is 296 g/mol. The Balaban J connectivity index is 1.60. The van der Waals surface area contributed by atoms with Gasteiger partial charge in [0.05, 0.1) is 4.88 Å². The molecule has 1 aliphatic rings. The summed E-state index contributed by atoms with van der Waals surface area (Å²) in [6, 6.07) is 3.58. The van der Waals surface area contributed by atoms with E-state index in [1.54, 1.807) is 6.07 Å². The standard InChI is InChI=1S/C14H20N2O3S/c17-8-6-14(4-5-14)10-16-12(18)3-7-15-13(19)11-2-1-9-20-11/h1-2,9,17H,3-8,10H2,(H,15,19)(H,16,18). The molecule has 0 aromatic carbocycles. The summed E-state index contributed by atoms with van der Waals surface area (Å²) in [5, 5.41) is 16.4. The molecule has 1 heterocycles. The number of aliphatic hydroxyl groups is 1. The number of hydrogen-bond donors (Lipinski definition) is 3. The fraction of sp³-hybridized carbons (Fsp3) is 0.571. The van der Waals surface area contributed by atoms with E-state index < -0.39 is 0 Å². The molecule has 0 atom stereocenters. The molecule has 0 saturated heterocycles. The number of thiophene rings is 1. The maximum Gasteiger partial charge on any atom is 0.261 e. The summed E-state index contributed by atoms with van der Waals surface area (Å²) in [6.45, 7) is 1.15. The van der Waals surface area contributed by atoms with Crippen molar-refractivity contribution in [1.29, 1.82) is 0 Å². The Hall–Kier alpha value is -1.40. The molecular weight excluding hydrogens is 276 g/mol. The lowest BCUT2D eigenvalue weighted by Crippen LogP contribution is -2.34. The second-order valence-corrected chi connectivity index (χ2v) is 6.18. The van der Waals surface area contributed by atoms with Gasteiger partial charge in [-0.3, -0.25) is 9.59 Å². The van der Waals surface area contributed by atoms with Crippen molar-refractivity contribution >= 4 is 23.2 Å². The molecule has 1 aliphatic carbocycles. The van der Waals surface area contributed by atoms with Crippen LogP contribution in [0.2, 0.25) is 0 Å². The van der Waals surface area contributed by atoms with Gasteiger partial charge in [-0.1, -0.05) is 6.07 Å². The molecule has 1 aromatic heterocycles. The van der Waals surface area contributed by atoms with Crippen LogP contribution < -0.4 is 10.6 Å². The SMILES string of the molecule is O=C(CCNC(=O)c1cccs1)NCC1(CCO)CC1. The van der Waals surface area contributed by atoms with Gasteiger partial charge in [0.15, 0.2) is 0 Å². The lowest BCUT2D eigenvalue weighted by Gasteiger charge is -2.14. The third kappa shape index (κ3) is 4.31. The number of hydrogen-bond acceptors (Lipinski definition) is 4. The fourth-order valence-electron chi connectivity index (χ4n) is 2.09. The van der Waals surface area contributed by atoms with Gasteiger partial charge in [-0.2, -0.15) is 0 Å². The highest BCUT2D eigenvalue weighted by molar-refractivity contribution is 7.12. The molecule has 20 heavy (non-hydrogen) atoms. The number of carbonyl (C=O) groups excluding carboxylic acids is 2. The Morgan fingerprint density at radius 3 is 2.75 bits per heavy atom. The molecular formula is C14H20N2O3S. The minimum Gasteiger partial charge on any atom is -0.396 e. The summed E-state index contributed by atoms with van der Waals surface area (Å²) < 4.78 is 0. The molecule has 6 heteroatoms. The molecule has 0 spiro atoms. The number of aliphatic hydroxyl groups excluding tert-OH is 1. The summed E-state index contributed by atoms with van der Waals surface area (Å²) in [5.41, 5.74) is 0.130. The van der Waals surface area contributed by atoms with E-state index in [-0.39, 0.29) is 30.3 Å². The van der Waals surface area contributed by atoms with E-state index in [2.05, 4.69) is 10.6 Å². The summed E-state index contributed by atoms with van der Waals surface area (Å²) >= 11 is 1.38. The molecule has 0 aliphatic heterocycles. The van der Waals surface area contributed by atoms with E-state index in [0.29, 0.717) is 18.0 Å². The third-order valence-electron chi connectivity index (χ3n) is 3.64. The molecule has 2 rings (SSSR count). The number of carbonyl (C=O) groups is 2. The zero-order valence-electron chi connectivity index (χ0n) is 11.4. The van der Waals surface area contributed by atoms with Gasteiger partial charge >= 0.3 is 0 Å². The van der Waals surface area contributed by atoms with Gasteiger partial charge in [-0.25, -0.2) is 0 Å². The molecule has 5 nitrogen and oxygen atoms in total. The molecule has 0 bridgehead atoms. The highest BCUT2D eigenvalue weighted by Crippen LogP contribution is 2.47. The van der Waals surface area contributed by atoms with Crippen molar-refractivity contribution in [2.75, 3.05) is 19.7 Å². The van der Waals surface area contributed by atoms with E-state index in [9.17, 15) is 9.59 Å². The fourth-order valence-corrected chi connectivity index (χ4v) is 2.73. The summed E-state index contributed by atoms with van der Waals surface area (Å²) in [4.78, 5) is 24.0. The van der Waals surface area contributed by atoms with Crippen LogP contribution in [-0.4, -0.2) is 36.6 Å². The molecule has 1 fully saturated rings. The zero-order valence-corrected chi connectivity index (χ0v) is 12.2. The lowest BCUT2D eigenvalue weighted by molar-refractivity contribution is -0.121. The van der Waals surface area contributed by atoms with Gasteiger partial charge in [0.2, 0.25) is 5.91 Å². The van der Waals surface area contributed by atoms with Gasteiger partial charge in [-0.05, 0) is 36.1 Å². The second-order valence-electron chi connectivity index (χ2n) is 5.23. The third-order valence-corrected chi connectivity index (χ3v) is 4.51. The maximum absolute atomic E-state index is 11.7. The highest BCUT2D eigenvalue weighted by atomic mass is 32.1. The van der Waals surface area contributed by atoms with Crippen molar-refractivity contribution < 1.29 is 14.7 Å². The van der Waals surface area contributed by atoms with Crippen LogP contribution in [-0.2, 0) is 4.79 Å². The molecule has 1 saturated carbocycles. The van der Waals surface area contributed by atoms with Crippen molar-refractivity contribution in [2.24, 2.45) is 5.41 Å². The first-order valence-electron chi connectivity index (χ1n) is 6.84. The summed E-state index contributed by atoms with van der Waals surface area (Å²) in [7, 11) is 0. The van der Waals surface area contributed by atoms with Crippen molar-refractivity contribution in [1.82, 2.24) is 10.6 Å². The number of nitrogens with one attached hydrogen (secondary N) is 2. The topological polar surface area (TPSA) is 78.4 Å². The van der Waals surface area contributed by atoms with E-state index in [1.807, 2.05) is 11.4 Å². The average Bonchev–Trinajstić information content (AvgIpc) is 2.99. The Bertz CT molecular complexity index is 455. The zero-order chi connectivity index (χ0) is 14.4. The van der Waals surface area contributed by atoms with E-state index in [1.165, 1.54) is 11.3 Å². The van der Waals surface area contributed by atoms with Crippen molar-refractivity contribution in [3.63, 3.8) is 0 Å². The van der Waals surface area contributed by atoms with Gasteiger partial charge in [0, 0.05) is 26.1 Å². The van der Waals surface area contributed by atoms with Crippen LogP contribution in [0.4, 0.5) is 0 Å². The van der Waals surface area contributed by atoms with Gasteiger partial charge in [0.25, 0.3) is 5.91 Å². The predicted octanol–water partition coefficient (Wildman–Crippen LogP) is 1.15. The minimum absolute atomic E-state index is 0.0549. The number of amides is 2. The van der Waals surface area contributed by atoms with Gasteiger partial charge < -0.3 is 15.7 Å². The molecule has 0 unspecified atom stereocenters. The Morgan fingerprint density at radius 1 is 1.35 bits per heavy atom. The van der Waals surface area contributed by atoms with Crippen LogP contribution >= 0.6 is 11.3 Å². The summed E-state index contributed by atoms with van der Waals surface area (Å²) in [5.74, 6) is -0.188. The van der Waals surface area contributed by atoms with Crippen LogP contribution in [0.5, 0.6) is 0 Å². The largest absolute Gasteiger partial charge is 0.396 e. The monoisotopic (exact) mass is 296 g/mol. The smallest absolute Gasteiger partial charge is 0.261 e. The second kappa shape index (κ2) is 6.85. The first kappa shape index (κ1) is 15.0. The molecule has 0 radical (unpaired) electrons. The van der Waals surface area contributed by atoms with Crippen LogP contribution in [0.25, 0.3) is 0 Å². The predicted molar refractivity (Wildman–Crippen MR) is 77.6 cm³/mol. The van der Waals surface area contributed by atoms with Crippen molar-refractivity contribution in [2.45, 2.75) is 25.7 Å². The Morgan fingerprint density at radius 2 is 2.15 bits per heavy atom. The molecule has 110 valence electrons. The first-order valence-corrected chi connectivity index (χ1v) is 7.72. The quantitative estimate of drug-likeness (QED) is 0.673. The minimum atomic E-state index is -0.133. The Kier molecular flexibility index (Phi) is 5.14. The Labute approximate surface area is 122 Å². The molecule has 1 aromatic rings. The van der Waals surface area contributed by atoms with Crippen molar-refractivity contribution in [3.05, 3.63) is 22.4 Å². The van der Waals surface area contributed by atoms with Gasteiger partial charge in [0.1, 0.15) is 0 Å². The molecule has 3 N–H and O–H groups in total. The highest BCUT2D eigenvalue weighted by Gasteiger charge is 2.41. The van der Waals surface area contributed by atoms with E-state index >= 15 is 0 Å². The lowest BCUT2D eigenvalue weighted by atomic mass is 10.0. The number of rotatable bonds is 8. The molecule has 2 amide bonds. The normalized spacial score (nSPS) is 15.7. The summed E-state index contributed by atoms with van der Waals surface area (Å²) in [6.07, 6.45) is 3.18. The van der Waals surface area contributed by atoms with Crippen LogP contribution in [0.15, 0.2) is 17.5 Å². The van der Waals surface area contributed by atoms with Crippen molar-refractivity contribution in [3.8, 4) is 0 Å². The van der Waals surface area contributed by atoms with E-state index in [0.717, 1.165) is 19.3 Å². The van der Waals surface area contributed by atoms with E-state index in [4.69, 9.17) is 5.11 Å². The first-order chi connectivity index (χ1) is 9.65. The maximum atomic E-state index is 11.7. The van der Waals surface area contributed by atoms with Crippen LogP contribution in [0.1, 0.15) is 35.4 Å². The van der Waals surface area contributed by atoms with Gasteiger partial charge in [-0.15, -0.1) is 11.3 Å². The van der Waals surface area contributed by atoms with Crippen LogP contribution in [0.3, 0.4) is 0 Å². The van der Waals surface area contributed by atoms with Crippen LogP contribution in [0, 0.1) is 5.41 Å².